The molecule has 1 heterocycles. The molecule has 7 heteroatoms. The van der Waals surface area contributed by atoms with E-state index in [-0.39, 0.29) is 10.7 Å². The number of hydrogen-bond donors (Lipinski definition) is 2. The second kappa shape index (κ2) is 8.21. The van der Waals surface area contributed by atoms with Crippen LogP contribution in [0, 0.1) is 0 Å². The van der Waals surface area contributed by atoms with E-state index in [0.29, 0.717) is 5.02 Å². The normalized spacial score (nSPS) is 11.1. The van der Waals surface area contributed by atoms with Crippen LogP contribution in [-0.4, -0.2) is 19.9 Å². The Hall–Kier alpha value is -2.57. The molecule has 1 aromatic heterocycles. The second-order valence-corrected chi connectivity index (χ2v) is 7.77. The molecule has 134 valence electrons. The van der Waals surface area contributed by atoms with Crippen molar-refractivity contribution in [2.75, 3.05) is 16.6 Å². The fourth-order valence-electron chi connectivity index (χ4n) is 2.36. The molecule has 0 aliphatic rings. The number of benzene rings is 2. The van der Waals surface area contributed by atoms with Crippen molar-refractivity contribution in [1.82, 2.24) is 4.98 Å². The number of nitrogens with zero attached hydrogens (tertiary/aromatic N) is 1. The van der Waals surface area contributed by atoms with E-state index in [4.69, 9.17) is 11.6 Å². The molecule has 3 aromatic rings. The van der Waals surface area contributed by atoms with Gasteiger partial charge in [-0.1, -0.05) is 41.9 Å². The van der Waals surface area contributed by atoms with Crippen molar-refractivity contribution >= 4 is 33.1 Å². The summed E-state index contributed by atoms with van der Waals surface area (Å²) in [5.41, 5.74) is 2.08. The maximum absolute atomic E-state index is 12.3. The van der Waals surface area contributed by atoms with Crippen molar-refractivity contribution < 1.29 is 8.42 Å². The number of aromatic nitrogens is 1. The maximum atomic E-state index is 12.3. The van der Waals surface area contributed by atoms with Crippen molar-refractivity contribution in [3.63, 3.8) is 0 Å². The lowest BCUT2D eigenvalue weighted by atomic mass is 10.1. The predicted molar refractivity (Wildman–Crippen MR) is 105 cm³/mol. The Kier molecular flexibility index (Phi) is 5.75. The molecule has 0 aliphatic carbocycles. The van der Waals surface area contributed by atoms with Gasteiger partial charge in [0.25, 0.3) is 10.0 Å². The molecule has 3 rings (SSSR count). The highest BCUT2D eigenvalue weighted by Crippen LogP contribution is 2.18. The Morgan fingerprint density at radius 3 is 2.31 bits per heavy atom. The first kappa shape index (κ1) is 18.2. The van der Waals surface area contributed by atoms with Gasteiger partial charge < -0.3 is 5.32 Å². The number of hydrogen-bond acceptors (Lipinski definition) is 4. The Labute approximate surface area is 158 Å². The number of nitrogens with one attached hydrogen (secondary N) is 2. The molecule has 0 bridgehead atoms. The Balaban J connectivity index is 1.58. The standard InChI is InChI=1S/C19H18ClN3O2S/c20-16-6-9-18(10-7-16)26(24,25)23-19-11-8-17(14-22-19)21-13-12-15-4-2-1-3-5-15/h1-11,14,21H,12-13H2,(H,22,23). The first-order chi connectivity index (χ1) is 12.5. The highest BCUT2D eigenvalue weighted by Gasteiger charge is 2.14. The minimum Gasteiger partial charge on any atom is -0.383 e. The largest absolute Gasteiger partial charge is 0.383 e. The van der Waals surface area contributed by atoms with Gasteiger partial charge in [-0.2, -0.15) is 0 Å². The molecule has 0 atom stereocenters. The molecule has 0 fully saturated rings. The van der Waals surface area contributed by atoms with Crippen LogP contribution in [-0.2, 0) is 16.4 Å². The first-order valence-corrected chi connectivity index (χ1v) is 9.91. The van der Waals surface area contributed by atoms with Gasteiger partial charge in [0, 0.05) is 11.6 Å². The molecule has 26 heavy (non-hydrogen) atoms. The Morgan fingerprint density at radius 2 is 1.65 bits per heavy atom. The number of halogens is 1. The van der Waals surface area contributed by atoms with E-state index in [2.05, 4.69) is 27.2 Å². The Morgan fingerprint density at radius 1 is 0.923 bits per heavy atom. The summed E-state index contributed by atoms with van der Waals surface area (Å²) >= 11 is 5.79. The molecule has 0 amide bonds. The molecule has 0 spiro atoms. The van der Waals surface area contributed by atoms with E-state index in [9.17, 15) is 8.42 Å². The van der Waals surface area contributed by atoms with E-state index in [1.54, 1.807) is 18.3 Å². The van der Waals surface area contributed by atoms with E-state index in [1.165, 1.54) is 29.8 Å². The van der Waals surface area contributed by atoms with Crippen LogP contribution in [0.4, 0.5) is 11.5 Å². The summed E-state index contributed by atoms with van der Waals surface area (Å²) in [7, 11) is -3.69. The zero-order valence-electron chi connectivity index (χ0n) is 13.9. The van der Waals surface area contributed by atoms with E-state index < -0.39 is 10.0 Å². The third-order valence-electron chi connectivity index (χ3n) is 3.71. The van der Waals surface area contributed by atoms with Crippen molar-refractivity contribution in [2.24, 2.45) is 0 Å². The van der Waals surface area contributed by atoms with Crippen molar-refractivity contribution in [3.8, 4) is 0 Å². The predicted octanol–water partition coefficient (Wildman–Crippen LogP) is 4.19. The van der Waals surface area contributed by atoms with Gasteiger partial charge in [-0.25, -0.2) is 13.4 Å². The van der Waals surface area contributed by atoms with E-state index in [1.807, 2.05) is 18.2 Å². The SMILES string of the molecule is O=S(=O)(Nc1ccc(NCCc2ccccc2)cn1)c1ccc(Cl)cc1. The monoisotopic (exact) mass is 387 g/mol. The van der Waals surface area contributed by atoms with Crippen molar-refractivity contribution in [1.29, 1.82) is 0 Å². The van der Waals surface area contributed by atoms with Crippen molar-refractivity contribution in [2.45, 2.75) is 11.3 Å². The van der Waals surface area contributed by atoms with Crippen LogP contribution in [0.5, 0.6) is 0 Å². The summed E-state index contributed by atoms with van der Waals surface area (Å²) in [5.74, 6) is 0.258. The number of anilines is 2. The fraction of sp³-hybridized carbons (Fsp3) is 0.105. The minimum atomic E-state index is -3.69. The molecule has 0 saturated heterocycles. The maximum Gasteiger partial charge on any atom is 0.263 e. The molecular weight excluding hydrogens is 370 g/mol. The zero-order valence-corrected chi connectivity index (χ0v) is 15.5. The number of rotatable bonds is 7. The highest BCUT2D eigenvalue weighted by atomic mass is 35.5. The highest BCUT2D eigenvalue weighted by molar-refractivity contribution is 7.92. The third-order valence-corrected chi connectivity index (χ3v) is 5.33. The molecular formula is C19H18ClN3O2S. The van der Waals surface area contributed by atoms with Crippen LogP contribution in [0.3, 0.4) is 0 Å². The van der Waals surface area contributed by atoms with Gasteiger partial charge in [-0.05, 0) is 48.4 Å². The average Bonchev–Trinajstić information content (AvgIpc) is 2.64. The van der Waals surface area contributed by atoms with Gasteiger partial charge >= 0.3 is 0 Å². The average molecular weight is 388 g/mol. The number of pyridine rings is 1. The molecule has 0 saturated carbocycles. The molecule has 2 aromatic carbocycles. The summed E-state index contributed by atoms with van der Waals surface area (Å²) in [6, 6.07) is 19.5. The summed E-state index contributed by atoms with van der Waals surface area (Å²) in [5, 5.41) is 3.75. The van der Waals surface area contributed by atoms with Crippen molar-refractivity contribution in [3.05, 3.63) is 83.5 Å². The van der Waals surface area contributed by atoms with Gasteiger partial charge in [0.15, 0.2) is 0 Å². The van der Waals surface area contributed by atoms with Gasteiger partial charge in [0.05, 0.1) is 16.8 Å². The van der Waals surface area contributed by atoms with Gasteiger partial charge in [0.1, 0.15) is 5.82 Å². The second-order valence-electron chi connectivity index (χ2n) is 5.65. The van der Waals surface area contributed by atoms with Gasteiger partial charge in [-0.15, -0.1) is 0 Å². The van der Waals surface area contributed by atoms with Crippen LogP contribution in [0.25, 0.3) is 0 Å². The van der Waals surface area contributed by atoms with Crippen LogP contribution in [0.2, 0.25) is 5.02 Å². The molecule has 0 aliphatic heterocycles. The van der Waals surface area contributed by atoms with Crippen LogP contribution in [0.15, 0.2) is 77.8 Å². The summed E-state index contributed by atoms with van der Waals surface area (Å²) in [6.07, 6.45) is 2.50. The van der Waals surface area contributed by atoms with Crippen LogP contribution >= 0.6 is 11.6 Å². The number of sulfonamides is 1. The van der Waals surface area contributed by atoms with E-state index >= 15 is 0 Å². The molecule has 0 unspecified atom stereocenters. The smallest absolute Gasteiger partial charge is 0.263 e. The fourth-order valence-corrected chi connectivity index (χ4v) is 3.50. The minimum absolute atomic E-state index is 0.133. The zero-order chi connectivity index (χ0) is 18.4. The molecule has 5 nitrogen and oxygen atoms in total. The van der Waals surface area contributed by atoms with Gasteiger partial charge in [-0.3, -0.25) is 4.72 Å². The van der Waals surface area contributed by atoms with Crippen LogP contribution < -0.4 is 10.0 Å². The lowest BCUT2D eigenvalue weighted by Crippen LogP contribution is -2.14. The Bertz CT molecular complexity index is 944. The summed E-state index contributed by atoms with van der Waals surface area (Å²) in [4.78, 5) is 4.29. The lowest BCUT2D eigenvalue weighted by molar-refractivity contribution is 0.601. The van der Waals surface area contributed by atoms with E-state index in [0.717, 1.165) is 18.7 Å². The van der Waals surface area contributed by atoms with Gasteiger partial charge in [0.2, 0.25) is 0 Å². The molecule has 0 radical (unpaired) electrons. The third kappa shape index (κ3) is 4.97. The quantitative estimate of drug-likeness (QED) is 0.637. The summed E-state index contributed by atoms with van der Waals surface area (Å²) in [6.45, 7) is 0.765. The first-order valence-electron chi connectivity index (χ1n) is 8.05. The molecule has 2 N–H and O–H groups in total. The van der Waals surface area contributed by atoms with Crippen LogP contribution in [0.1, 0.15) is 5.56 Å². The topological polar surface area (TPSA) is 71.1 Å². The lowest BCUT2D eigenvalue weighted by Gasteiger charge is -2.09. The summed E-state index contributed by atoms with van der Waals surface area (Å²) < 4.78 is 27.1.